The van der Waals surface area contributed by atoms with Gasteiger partial charge in [0.15, 0.2) is 0 Å². The molecule has 1 saturated heterocycles. The number of ketones is 1. The minimum absolute atomic E-state index is 0.0964. The number of nitrogens with zero attached hydrogens (tertiary/aromatic N) is 1. The van der Waals surface area contributed by atoms with E-state index in [9.17, 15) is 14.4 Å². The molecular weight excluding hydrogens is 274 g/mol. The van der Waals surface area contributed by atoms with Crippen molar-refractivity contribution in [1.29, 1.82) is 0 Å². The SMILES string of the molecule is CCOC(=O)CCC1CN(C(=O)OC(C)(C)C)CCC1=O. The fourth-order valence-electron chi connectivity index (χ4n) is 2.18. The van der Waals surface area contributed by atoms with Crippen molar-refractivity contribution < 1.29 is 23.9 Å². The van der Waals surface area contributed by atoms with Gasteiger partial charge in [0.05, 0.1) is 6.61 Å². The van der Waals surface area contributed by atoms with Crippen LogP contribution in [-0.2, 0) is 19.1 Å². The van der Waals surface area contributed by atoms with E-state index in [0.29, 0.717) is 32.5 Å². The van der Waals surface area contributed by atoms with E-state index in [1.807, 2.05) is 0 Å². The van der Waals surface area contributed by atoms with Gasteiger partial charge in [-0.15, -0.1) is 0 Å². The molecule has 0 spiro atoms. The molecule has 0 N–H and O–H groups in total. The average Bonchev–Trinajstić information content (AvgIpc) is 2.36. The molecule has 0 aromatic heterocycles. The summed E-state index contributed by atoms with van der Waals surface area (Å²) in [5, 5.41) is 0. The monoisotopic (exact) mass is 299 g/mol. The Hall–Kier alpha value is -1.59. The van der Waals surface area contributed by atoms with Gasteiger partial charge in [0.1, 0.15) is 11.4 Å². The van der Waals surface area contributed by atoms with E-state index in [0.717, 1.165) is 0 Å². The fraction of sp³-hybridized carbons (Fsp3) is 0.800. The number of likely N-dealkylation sites (tertiary alicyclic amines) is 1. The van der Waals surface area contributed by atoms with Crippen molar-refractivity contribution in [3.8, 4) is 0 Å². The summed E-state index contributed by atoms with van der Waals surface area (Å²) in [4.78, 5) is 36.8. The Morgan fingerprint density at radius 1 is 1.33 bits per heavy atom. The zero-order valence-corrected chi connectivity index (χ0v) is 13.3. The largest absolute Gasteiger partial charge is 0.466 e. The van der Waals surface area contributed by atoms with E-state index in [1.54, 1.807) is 32.6 Å². The van der Waals surface area contributed by atoms with Crippen molar-refractivity contribution in [2.45, 2.75) is 52.6 Å². The molecule has 1 atom stereocenters. The predicted molar refractivity (Wildman–Crippen MR) is 76.8 cm³/mol. The molecule has 1 rings (SSSR count). The van der Waals surface area contributed by atoms with Crippen LogP contribution in [0.4, 0.5) is 4.79 Å². The van der Waals surface area contributed by atoms with Gasteiger partial charge < -0.3 is 14.4 Å². The quantitative estimate of drug-likeness (QED) is 0.744. The topological polar surface area (TPSA) is 72.9 Å². The van der Waals surface area contributed by atoms with E-state index < -0.39 is 11.7 Å². The number of ether oxygens (including phenoxy) is 2. The number of carbonyl (C=O) groups is 3. The number of amides is 1. The van der Waals surface area contributed by atoms with Crippen molar-refractivity contribution in [2.75, 3.05) is 19.7 Å². The number of hydrogen-bond donors (Lipinski definition) is 0. The first-order valence-electron chi connectivity index (χ1n) is 7.39. The minimum atomic E-state index is -0.557. The van der Waals surface area contributed by atoms with Crippen molar-refractivity contribution >= 4 is 17.8 Å². The molecule has 0 bridgehead atoms. The first-order chi connectivity index (χ1) is 9.73. The van der Waals surface area contributed by atoms with Crippen molar-refractivity contribution in [1.82, 2.24) is 4.90 Å². The standard InChI is InChI=1S/C15H25NO5/c1-5-20-13(18)7-6-11-10-16(9-8-12(11)17)14(19)21-15(2,3)4/h11H,5-10H2,1-4H3. The Labute approximate surface area is 125 Å². The van der Waals surface area contributed by atoms with Crippen LogP contribution in [0.5, 0.6) is 0 Å². The third-order valence-corrected chi connectivity index (χ3v) is 3.18. The molecule has 6 nitrogen and oxygen atoms in total. The van der Waals surface area contributed by atoms with Crippen LogP contribution < -0.4 is 0 Å². The van der Waals surface area contributed by atoms with Crippen LogP contribution in [0, 0.1) is 5.92 Å². The summed E-state index contributed by atoms with van der Waals surface area (Å²) in [5.74, 6) is -0.519. The van der Waals surface area contributed by atoms with Crippen LogP contribution in [0.15, 0.2) is 0 Å². The Bertz CT molecular complexity index is 399. The Morgan fingerprint density at radius 3 is 2.57 bits per heavy atom. The van der Waals surface area contributed by atoms with Gasteiger partial charge in [0.25, 0.3) is 0 Å². The molecule has 1 amide bonds. The van der Waals surface area contributed by atoms with E-state index in [4.69, 9.17) is 9.47 Å². The molecule has 1 unspecified atom stereocenters. The lowest BCUT2D eigenvalue weighted by atomic mass is 9.92. The maximum atomic E-state index is 12.0. The summed E-state index contributed by atoms with van der Waals surface area (Å²) in [6, 6.07) is 0. The van der Waals surface area contributed by atoms with Gasteiger partial charge in [0, 0.05) is 31.8 Å². The Morgan fingerprint density at radius 2 is 2.00 bits per heavy atom. The number of rotatable bonds is 4. The highest BCUT2D eigenvalue weighted by Crippen LogP contribution is 2.20. The number of hydrogen-bond acceptors (Lipinski definition) is 5. The van der Waals surface area contributed by atoms with Crippen molar-refractivity contribution in [3.05, 3.63) is 0 Å². The first-order valence-corrected chi connectivity index (χ1v) is 7.39. The lowest BCUT2D eigenvalue weighted by Gasteiger charge is -2.33. The molecule has 1 aliphatic heterocycles. The molecule has 1 aliphatic rings. The van der Waals surface area contributed by atoms with Crippen LogP contribution in [0.25, 0.3) is 0 Å². The molecule has 120 valence electrons. The third kappa shape index (κ3) is 6.14. The maximum absolute atomic E-state index is 12.0. The normalized spacial score (nSPS) is 19.3. The number of carbonyl (C=O) groups excluding carboxylic acids is 3. The van der Waals surface area contributed by atoms with Crippen LogP contribution in [0.2, 0.25) is 0 Å². The van der Waals surface area contributed by atoms with E-state index in [-0.39, 0.29) is 24.1 Å². The van der Waals surface area contributed by atoms with Gasteiger partial charge in [-0.25, -0.2) is 4.79 Å². The summed E-state index contributed by atoms with van der Waals surface area (Å²) >= 11 is 0. The smallest absolute Gasteiger partial charge is 0.410 e. The molecule has 0 radical (unpaired) electrons. The van der Waals surface area contributed by atoms with E-state index in [2.05, 4.69) is 0 Å². The number of Topliss-reactive ketones (excluding diaryl/α,β-unsaturated/α-hetero) is 1. The molecular formula is C15H25NO5. The summed E-state index contributed by atoms with van der Waals surface area (Å²) in [7, 11) is 0. The second kappa shape index (κ2) is 7.43. The molecule has 0 aromatic rings. The molecule has 1 fully saturated rings. The summed E-state index contributed by atoms with van der Waals surface area (Å²) in [6.45, 7) is 8.18. The highest BCUT2D eigenvalue weighted by Gasteiger charge is 2.32. The molecule has 0 aromatic carbocycles. The molecule has 1 heterocycles. The summed E-state index contributed by atoms with van der Waals surface area (Å²) in [5.41, 5.74) is -0.557. The zero-order valence-electron chi connectivity index (χ0n) is 13.3. The van der Waals surface area contributed by atoms with Crippen LogP contribution >= 0.6 is 0 Å². The number of piperidine rings is 1. The average molecular weight is 299 g/mol. The van der Waals surface area contributed by atoms with Gasteiger partial charge in [-0.3, -0.25) is 9.59 Å². The zero-order chi connectivity index (χ0) is 16.0. The first kappa shape index (κ1) is 17.5. The second-order valence-corrected chi connectivity index (χ2v) is 6.18. The van der Waals surface area contributed by atoms with Crippen LogP contribution in [-0.4, -0.2) is 48.0 Å². The van der Waals surface area contributed by atoms with Crippen LogP contribution in [0.3, 0.4) is 0 Å². The summed E-state index contributed by atoms with van der Waals surface area (Å²) in [6.07, 6.45) is 0.520. The predicted octanol–water partition coefficient (Wildman–Crippen LogP) is 2.16. The lowest BCUT2D eigenvalue weighted by molar-refractivity contribution is -0.143. The Kier molecular flexibility index (Phi) is 6.18. The molecule has 0 saturated carbocycles. The van der Waals surface area contributed by atoms with Gasteiger partial charge in [0.2, 0.25) is 0 Å². The van der Waals surface area contributed by atoms with Crippen molar-refractivity contribution in [3.63, 3.8) is 0 Å². The maximum Gasteiger partial charge on any atom is 0.410 e. The molecule has 6 heteroatoms. The van der Waals surface area contributed by atoms with Gasteiger partial charge in [-0.1, -0.05) is 0 Å². The second-order valence-electron chi connectivity index (χ2n) is 6.18. The van der Waals surface area contributed by atoms with Crippen LogP contribution in [0.1, 0.15) is 47.0 Å². The summed E-state index contributed by atoms with van der Waals surface area (Å²) < 4.78 is 10.2. The lowest BCUT2D eigenvalue weighted by Crippen LogP contribution is -2.46. The highest BCUT2D eigenvalue weighted by atomic mass is 16.6. The minimum Gasteiger partial charge on any atom is -0.466 e. The number of esters is 1. The van der Waals surface area contributed by atoms with Gasteiger partial charge >= 0.3 is 12.1 Å². The van der Waals surface area contributed by atoms with Gasteiger partial charge in [-0.05, 0) is 34.1 Å². The van der Waals surface area contributed by atoms with Gasteiger partial charge in [-0.2, -0.15) is 0 Å². The Balaban J connectivity index is 2.52. The van der Waals surface area contributed by atoms with Crippen molar-refractivity contribution in [2.24, 2.45) is 5.92 Å². The molecule has 0 aliphatic carbocycles. The molecule has 21 heavy (non-hydrogen) atoms. The fourth-order valence-corrected chi connectivity index (χ4v) is 2.18. The van der Waals surface area contributed by atoms with E-state index >= 15 is 0 Å². The highest BCUT2D eigenvalue weighted by molar-refractivity contribution is 5.84. The van der Waals surface area contributed by atoms with E-state index in [1.165, 1.54) is 0 Å². The third-order valence-electron chi connectivity index (χ3n) is 3.18.